The molecule has 1 radical (unpaired) electrons. The van der Waals surface area contributed by atoms with Gasteiger partial charge < -0.3 is 0 Å². The molecule has 0 amide bonds. The molecule has 1 rings (SSSR count). The quantitative estimate of drug-likeness (QED) is 0.243. The molecule has 0 nitrogen and oxygen atoms in total. The second-order valence-corrected chi connectivity index (χ2v) is 9.02. The molecule has 0 spiro atoms. The molecule has 0 N–H and O–H groups in total. The van der Waals surface area contributed by atoms with Crippen molar-refractivity contribution in [3.8, 4) is 0 Å². The molecule has 1 saturated carbocycles. The van der Waals surface area contributed by atoms with E-state index in [4.69, 9.17) is 0 Å². The highest BCUT2D eigenvalue weighted by Crippen LogP contribution is 2.38. The fourth-order valence-electron chi connectivity index (χ4n) is 4.77. The van der Waals surface area contributed by atoms with Crippen molar-refractivity contribution >= 4 is 0 Å². The first-order valence-corrected chi connectivity index (χ1v) is 12.1. The molecule has 0 aromatic heterocycles. The lowest BCUT2D eigenvalue weighted by Crippen LogP contribution is -2.18. The van der Waals surface area contributed by atoms with Gasteiger partial charge in [-0.3, -0.25) is 0 Å². The second-order valence-electron chi connectivity index (χ2n) is 9.02. The summed E-state index contributed by atoms with van der Waals surface area (Å²) in [6, 6.07) is 0. The summed E-state index contributed by atoms with van der Waals surface area (Å²) in [5, 5.41) is 0. The molecule has 149 valence electrons. The van der Waals surface area contributed by atoms with E-state index in [1.54, 1.807) is 0 Å². The minimum atomic E-state index is 0.946. The molecule has 0 heteroatoms. The first kappa shape index (κ1) is 23.0. The van der Waals surface area contributed by atoms with E-state index in [9.17, 15) is 0 Å². The zero-order chi connectivity index (χ0) is 18.2. The zero-order valence-electron chi connectivity index (χ0n) is 18.1. The highest BCUT2D eigenvalue weighted by molar-refractivity contribution is 4.98. The first-order chi connectivity index (χ1) is 12.3. The van der Waals surface area contributed by atoms with Gasteiger partial charge in [0, 0.05) is 0 Å². The lowest BCUT2D eigenvalue weighted by molar-refractivity contribution is 0.311. The Kier molecular flexibility index (Phi) is 14.9. The van der Waals surface area contributed by atoms with E-state index in [2.05, 4.69) is 20.8 Å². The maximum atomic E-state index is 2.54. The molecule has 0 bridgehead atoms. The van der Waals surface area contributed by atoms with Crippen LogP contribution in [-0.4, -0.2) is 0 Å². The van der Waals surface area contributed by atoms with E-state index >= 15 is 0 Å². The molecule has 0 aliphatic heterocycles. The number of unbranched alkanes of at least 4 members (excludes halogenated alkanes) is 9. The Morgan fingerprint density at radius 2 is 1.16 bits per heavy atom. The van der Waals surface area contributed by atoms with Gasteiger partial charge in [-0.15, -0.1) is 0 Å². The van der Waals surface area contributed by atoms with Crippen molar-refractivity contribution in [1.82, 2.24) is 0 Å². The van der Waals surface area contributed by atoms with Crippen LogP contribution >= 0.6 is 0 Å². The Morgan fingerprint density at radius 1 is 0.640 bits per heavy atom. The summed E-state index contributed by atoms with van der Waals surface area (Å²) >= 11 is 0. The summed E-state index contributed by atoms with van der Waals surface area (Å²) in [6.07, 6.45) is 27.8. The summed E-state index contributed by atoms with van der Waals surface area (Å²) in [5.74, 6) is 3.88. The maximum Gasteiger partial charge on any atom is -0.0210 e. The number of hydrogen-bond acceptors (Lipinski definition) is 0. The topological polar surface area (TPSA) is 0 Å². The van der Waals surface area contributed by atoms with E-state index in [1.807, 2.05) is 5.92 Å². The third-order valence-corrected chi connectivity index (χ3v) is 6.47. The van der Waals surface area contributed by atoms with Gasteiger partial charge in [-0.05, 0) is 43.4 Å². The molecule has 2 unspecified atom stereocenters. The van der Waals surface area contributed by atoms with Crippen molar-refractivity contribution in [2.45, 2.75) is 143 Å². The van der Waals surface area contributed by atoms with Crippen LogP contribution in [0.1, 0.15) is 143 Å². The molecular weight excluding hydrogens is 300 g/mol. The zero-order valence-corrected chi connectivity index (χ0v) is 18.1. The van der Waals surface area contributed by atoms with Crippen molar-refractivity contribution in [2.75, 3.05) is 0 Å². The molecule has 1 aliphatic rings. The molecule has 0 aromatic carbocycles. The highest BCUT2D eigenvalue weighted by Gasteiger charge is 2.25. The van der Waals surface area contributed by atoms with E-state index < -0.39 is 0 Å². The van der Waals surface area contributed by atoms with E-state index in [-0.39, 0.29) is 0 Å². The minimum Gasteiger partial charge on any atom is -0.0654 e. The lowest BCUT2D eigenvalue weighted by Gasteiger charge is -2.32. The molecule has 0 saturated heterocycles. The SMILES string of the molecule is CCCCCCCCCCC(C)CC(CCCCC)[C]1CCCCC1. The Hall–Kier alpha value is 0. The highest BCUT2D eigenvalue weighted by atomic mass is 14.3. The van der Waals surface area contributed by atoms with Crippen molar-refractivity contribution in [3.63, 3.8) is 0 Å². The fourth-order valence-corrected chi connectivity index (χ4v) is 4.77. The Morgan fingerprint density at radius 3 is 1.80 bits per heavy atom. The van der Waals surface area contributed by atoms with Crippen molar-refractivity contribution in [2.24, 2.45) is 11.8 Å². The Bertz CT molecular complexity index is 263. The summed E-state index contributed by atoms with van der Waals surface area (Å²) in [4.78, 5) is 0. The van der Waals surface area contributed by atoms with E-state index in [1.165, 1.54) is 122 Å². The van der Waals surface area contributed by atoms with Crippen LogP contribution < -0.4 is 0 Å². The summed E-state index contributed by atoms with van der Waals surface area (Å²) in [5.41, 5.74) is 0. The van der Waals surface area contributed by atoms with Gasteiger partial charge in [0.25, 0.3) is 0 Å². The van der Waals surface area contributed by atoms with Crippen LogP contribution in [0.5, 0.6) is 0 Å². The normalized spacial score (nSPS) is 18.4. The molecule has 1 fully saturated rings. The minimum absolute atomic E-state index is 0.946. The predicted octanol–water partition coefficient (Wildman–Crippen LogP) is 9.28. The van der Waals surface area contributed by atoms with Crippen LogP contribution in [0.15, 0.2) is 0 Å². The molecule has 25 heavy (non-hydrogen) atoms. The van der Waals surface area contributed by atoms with Crippen LogP contribution in [0.25, 0.3) is 0 Å². The number of rotatable bonds is 16. The summed E-state index contributed by atoms with van der Waals surface area (Å²) in [6.45, 7) is 7.19. The van der Waals surface area contributed by atoms with Crippen LogP contribution in [0.4, 0.5) is 0 Å². The fraction of sp³-hybridized carbons (Fsp3) is 0.960. The van der Waals surface area contributed by atoms with E-state index in [0.29, 0.717) is 0 Å². The van der Waals surface area contributed by atoms with Gasteiger partial charge in [0.15, 0.2) is 0 Å². The van der Waals surface area contributed by atoms with Crippen molar-refractivity contribution in [3.05, 3.63) is 5.92 Å². The van der Waals surface area contributed by atoms with Crippen molar-refractivity contribution < 1.29 is 0 Å². The summed E-state index contributed by atoms with van der Waals surface area (Å²) < 4.78 is 0. The van der Waals surface area contributed by atoms with Gasteiger partial charge in [-0.25, -0.2) is 0 Å². The van der Waals surface area contributed by atoms with Gasteiger partial charge >= 0.3 is 0 Å². The lowest BCUT2D eigenvalue weighted by atomic mass is 9.74. The van der Waals surface area contributed by atoms with Crippen molar-refractivity contribution in [1.29, 1.82) is 0 Å². The first-order valence-electron chi connectivity index (χ1n) is 12.1. The second kappa shape index (κ2) is 16.2. The third-order valence-electron chi connectivity index (χ3n) is 6.47. The molecule has 2 atom stereocenters. The Balaban J connectivity index is 2.16. The predicted molar refractivity (Wildman–Crippen MR) is 115 cm³/mol. The van der Waals surface area contributed by atoms with Crippen LogP contribution in [0.2, 0.25) is 0 Å². The van der Waals surface area contributed by atoms with Gasteiger partial charge in [-0.2, -0.15) is 0 Å². The van der Waals surface area contributed by atoms with E-state index in [0.717, 1.165) is 11.8 Å². The standard InChI is InChI=1S/C25H49/c1-4-6-8-9-10-11-12-15-18-23(3)22-25(21-14-7-5-2)24-19-16-13-17-20-24/h23,25H,4-22H2,1-3H3. The molecular formula is C25H49. The van der Waals surface area contributed by atoms with Crippen LogP contribution in [-0.2, 0) is 0 Å². The smallest absolute Gasteiger partial charge is 0.0210 e. The van der Waals surface area contributed by atoms with Gasteiger partial charge in [0.2, 0.25) is 0 Å². The summed E-state index contributed by atoms with van der Waals surface area (Å²) in [7, 11) is 0. The molecule has 0 aromatic rings. The average molecular weight is 350 g/mol. The Labute approximate surface area is 160 Å². The van der Waals surface area contributed by atoms with Crippen LogP contribution in [0, 0.1) is 17.8 Å². The van der Waals surface area contributed by atoms with Gasteiger partial charge in [0.05, 0.1) is 0 Å². The molecule has 1 aliphatic carbocycles. The van der Waals surface area contributed by atoms with Gasteiger partial charge in [-0.1, -0.05) is 117 Å². The maximum absolute atomic E-state index is 2.54. The monoisotopic (exact) mass is 349 g/mol. The molecule has 0 heterocycles. The third kappa shape index (κ3) is 12.1. The largest absolute Gasteiger partial charge is 0.0654 e. The average Bonchev–Trinajstić information content (AvgIpc) is 2.64. The van der Waals surface area contributed by atoms with Gasteiger partial charge in [0.1, 0.15) is 0 Å². The number of hydrogen-bond donors (Lipinski definition) is 0. The van der Waals surface area contributed by atoms with Crippen LogP contribution in [0.3, 0.4) is 0 Å².